The molecule has 0 saturated heterocycles. The third-order valence-electron chi connectivity index (χ3n) is 3.88. The van der Waals surface area contributed by atoms with Crippen molar-refractivity contribution < 1.29 is 28.7 Å². The number of hydrogen-bond acceptors (Lipinski definition) is 7. The third-order valence-corrected chi connectivity index (χ3v) is 5.05. The average molecular weight is 377 g/mol. The minimum Gasteiger partial charge on any atom is -0.465 e. The molecule has 2 aromatic heterocycles. The second kappa shape index (κ2) is 7.65. The summed E-state index contributed by atoms with van der Waals surface area (Å²) in [7, 11) is 1.26. The lowest BCUT2D eigenvalue weighted by molar-refractivity contribution is 0.0321. The summed E-state index contributed by atoms with van der Waals surface area (Å²) in [6.45, 7) is 6.13. The first-order chi connectivity index (χ1) is 12.2. The first-order valence-electron chi connectivity index (χ1n) is 7.80. The number of H-pyrrole nitrogens is 1. The number of carbonyl (C=O) groups is 4. The van der Waals surface area contributed by atoms with Crippen LogP contribution in [0.3, 0.4) is 0 Å². The highest BCUT2D eigenvalue weighted by Crippen LogP contribution is 2.22. The number of hydrogen-bond donors (Lipinski definition) is 1. The van der Waals surface area contributed by atoms with Crippen molar-refractivity contribution >= 4 is 34.8 Å². The van der Waals surface area contributed by atoms with Crippen molar-refractivity contribution in [3.8, 4) is 0 Å². The number of Topliss-reactive ketones (excluding diaryl/α,β-unsaturated/α-hetero) is 2. The second-order valence-corrected chi connectivity index (χ2v) is 6.83. The van der Waals surface area contributed by atoms with E-state index >= 15 is 0 Å². The summed E-state index contributed by atoms with van der Waals surface area (Å²) in [6.07, 6.45) is -1.06. The summed E-state index contributed by atoms with van der Waals surface area (Å²) in [4.78, 5) is 51.5. The Balaban J connectivity index is 2.18. The van der Waals surface area contributed by atoms with E-state index in [-0.39, 0.29) is 16.4 Å². The van der Waals surface area contributed by atoms with E-state index in [0.29, 0.717) is 21.7 Å². The molecule has 0 aliphatic carbocycles. The molecule has 0 bridgehead atoms. The Morgan fingerprint density at radius 3 is 2.23 bits per heavy atom. The van der Waals surface area contributed by atoms with Gasteiger partial charge in [-0.3, -0.25) is 9.59 Å². The van der Waals surface area contributed by atoms with Gasteiger partial charge in [-0.2, -0.15) is 0 Å². The molecule has 26 heavy (non-hydrogen) atoms. The molecule has 1 N–H and O–H groups in total. The molecule has 0 aliphatic heterocycles. The highest BCUT2D eigenvalue weighted by atomic mass is 32.1. The summed E-state index contributed by atoms with van der Waals surface area (Å²) in [5, 5.41) is 0. The smallest absolute Gasteiger partial charge is 0.349 e. The summed E-state index contributed by atoms with van der Waals surface area (Å²) in [5.41, 5.74) is 1.43. The molecule has 0 fully saturated rings. The van der Waals surface area contributed by atoms with E-state index in [9.17, 15) is 19.2 Å². The zero-order valence-corrected chi connectivity index (χ0v) is 15.9. The lowest BCUT2D eigenvalue weighted by atomic mass is 10.1. The van der Waals surface area contributed by atoms with E-state index in [1.807, 2.05) is 0 Å². The van der Waals surface area contributed by atoms with Crippen molar-refractivity contribution in [2.75, 3.05) is 7.11 Å². The maximum atomic E-state index is 12.6. The van der Waals surface area contributed by atoms with Gasteiger partial charge in [0, 0.05) is 5.69 Å². The monoisotopic (exact) mass is 377 g/mol. The van der Waals surface area contributed by atoms with Crippen LogP contribution in [-0.2, 0) is 9.47 Å². The quantitative estimate of drug-likeness (QED) is 0.613. The van der Waals surface area contributed by atoms with Gasteiger partial charge in [0.1, 0.15) is 4.88 Å². The Kier molecular flexibility index (Phi) is 5.76. The van der Waals surface area contributed by atoms with E-state index in [2.05, 4.69) is 4.98 Å². The molecule has 1 atom stereocenters. The number of methoxy groups -OCH3 is 1. The molecule has 2 heterocycles. The van der Waals surface area contributed by atoms with E-state index in [0.717, 1.165) is 11.3 Å². The molecule has 0 saturated carbocycles. The minimum absolute atomic E-state index is 0.147. The van der Waals surface area contributed by atoms with Crippen LogP contribution in [-0.4, -0.2) is 41.7 Å². The van der Waals surface area contributed by atoms with Gasteiger partial charge >= 0.3 is 11.9 Å². The van der Waals surface area contributed by atoms with Crippen LogP contribution >= 0.6 is 11.3 Å². The maximum absolute atomic E-state index is 12.6. The van der Waals surface area contributed by atoms with Gasteiger partial charge in [0.15, 0.2) is 11.9 Å². The molecule has 0 amide bonds. The maximum Gasteiger partial charge on any atom is 0.349 e. The third kappa shape index (κ3) is 3.75. The van der Waals surface area contributed by atoms with Crippen LogP contribution in [0.15, 0.2) is 12.1 Å². The van der Waals surface area contributed by atoms with Crippen LogP contribution in [0.2, 0.25) is 0 Å². The summed E-state index contributed by atoms with van der Waals surface area (Å²) in [5.74, 6) is -1.84. The molecule has 0 spiro atoms. The van der Waals surface area contributed by atoms with Crippen molar-refractivity contribution in [1.82, 2.24) is 4.98 Å². The van der Waals surface area contributed by atoms with Gasteiger partial charge in [-0.15, -0.1) is 11.3 Å². The molecule has 1 unspecified atom stereocenters. The van der Waals surface area contributed by atoms with Gasteiger partial charge in [-0.05, 0) is 45.4 Å². The summed E-state index contributed by atoms with van der Waals surface area (Å²) >= 11 is 1.01. The fraction of sp³-hybridized carbons (Fsp3) is 0.333. The minimum atomic E-state index is -1.06. The molecule has 8 heteroatoms. The fourth-order valence-electron chi connectivity index (χ4n) is 2.52. The SMILES string of the molecule is COC(=O)c1c(C)[nH]c(C(=O)C(C)OC(=O)c2ccc(C(C)=O)s2)c1C. The summed E-state index contributed by atoms with van der Waals surface area (Å²) < 4.78 is 9.92. The average Bonchev–Trinajstić information content (AvgIpc) is 3.19. The Morgan fingerprint density at radius 2 is 1.69 bits per heavy atom. The number of carbonyl (C=O) groups excluding carboxylic acids is 4. The zero-order chi connectivity index (χ0) is 19.6. The van der Waals surface area contributed by atoms with E-state index in [4.69, 9.17) is 9.47 Å². The molecule has 7 nitrogen and oxygen atoms in total. The number of aryl methyl sites for hydroxylation is 1. The topological polar surface area (TPSA) is 103 Å². The predicted octanol–water partition coefficient (Wildman–Crippen LogP) is 3.11. The lowest BCUT2D eigenvalue weighted by Gasteiger charge is -2.11. The Labute approximate surface area is 154 Å². The van der Waals surface area contributed by atoms with Crippen LogP contribution in [0, 0.1) is 13.8 Å². The number of esters is 2. The zero-order valence-electron chi connectivity index (χ0n) is 15.1. The highest BCUT2D eigenvalue weighted by molar-refractivity contribution is 7.15. The molecule has 138 valence electrons. The van der Waals surface area contributed by atoms with E-state index < -0.39 is 23.8 Å². The predicted molar refractivity (Wildman–Crippen MR) is 95.1 cm³/mol. The summed E-state index contributed by atoms with van der Waals surface area (Å²) in [6, 6.07) is 3.03. The largest absolute Gasteiger partial charge is 0.465 e. The van der Waals surface area contributed by atoms with Crippen molar-refractivity contribution in [2.45, 2.75) is 33.8 Å². The van der Waals surface area contributed by atoms with Crippen molar-refractivity contribution in [2.24, 2.45) is 0 Å². The molecular weight excluding hydrogens is 358 g/mol. The fourth-order valence-corrected chi connectivity index (χ4v) is 3.30. The second-order valence-electron chi connectivity index (χ2n) is 5.75. The Morgan fingerprint density at radius 1 is 1.08 bits per heavy atom. The highest BCUT2D eigenvalue weighted by Gasteiger charge is 2.28. The molecule has 0 radical (unpaired) electrons. The molecule has 2 aromatic rings. The van der Waals surface area contributed by atoms with Gasteiger partial charge in [0.25, 0.3) is 0 Å². The Bertz CT molecular complexity index is 892. The van der Waals surface area contributed by atoms with E-state index in [1.54, 1.807) is 13.8 Å². The Hall–Kier alpha value is -2.74. The first kappa shape index (κ1) is 19.6. The van der Waals surface area contributed by atoms with Crippen LogP contribution in [0.5, 0.6) is 0 Å². The van der Waals surface area contributed by atoms with Gasteiger partial charge in [-0.1, -0.05) is 0 Å². The number of thiophene rings is 1. The number of ketones is 2. The number of ether oxygens (including phenoxy) is 2. The van der Waals surface area contributed by atoms with Crippen molar-refractivity contribution in [3.63, 3.8) is 0 Å². The van der Waals surface area contributed by atoms with Crippen LogP contribution in [0.1, 0.15) is 65.3 Å². The number of nitrogens with one attached hydrogen (secondary N) is 1. The van der Waals surface area contributed by atoms with Gasteiger partial charge in [0.2, 0.25) is 5.78 Å². The number of rotatable bonds is 6. The number of aromatic amines is 1. The van der Waals surface area contributed by atoms with Crippen molar-refractivity contribution in [3.05, 3.63) is 44.4 Å². The van der Waals surface area contributed by atoms with Crippen LogP contribution in [0.4, 0.5) is 0 Å². The number of aromatic nitrogens is 1. The van der Waals surface area contributed by atoms with E-state index in [1.165, 1.54) is 33.1 Å². The standard InChI is InChI=1S/C18H19NO6S/c1-8-14(18(23)24-5)9(2)19-15(8)16(21)11(4)25-17(22)13-7-6-12(26-13)10(3)20/h6-7,11,19H,1-5H3. The molecule has 0 aliphatic rings. The first-order valence-corrected chi connectivity index (χ1v) is 8.62. The van der Waals surface area contributed by atoms with Gasteiger partial charge in [-0.25, -0.2) is 9.59 Å². The molecule has 0 aromatic carbocycles. The lowest BCUT2D eigenvalue weighted by Crippen LogP contribution is -2.25. The van der Waals surface area contributed by atoms with Crippen molar-refractivity contribution in [1.29, 1.82) is 0 Å². The molecule has 2 rings (SSSR count). The normalized spacial score (nSPS) is 11.7. The molecular formula is C18H19NO6S. The van der Waals surface area contributed by atoms with Crippen LogP contribution < -0.4 is 0 Å². The van der Waals surface area contributed by atoms with Gasteiger partial charge < -0.3 is 14.5 Å². The van der Waals surface area contributed by atoms with Gasteiger partial charge in [0.05, 0.1) is 23.2 Å². The van der Waals surface area contributed by atoms with Crippen LogP contribution in [0.25, 0.3) is 0 Å².